The highest BCUT2D eigenvalue weighted by Crippen LogP contribution is 2.41. The molecule has 1 N–H and O–H groups in total. The van der Waals surface area contributed by atoms with Crippen LogP contribution in [0.15, 0.2) is 34.9 Å². The molecule has 1 aromatic heterocycles. The Morgan fingerprint density at radius 1 is 1.20 bits per heavy atom. The number of carbonyl (C=O) groups is 1. The van der Waals surface area contributed by atoms with Gasteiger partial charge in [0.1, 0.15) is 0 Å². The van der Waals surface area contributed by atoms with Gasteiger partial charge in [-0.3, -0.25) is 4.79 Å². The zero-order valence-electron chi connectivity index (χ0n) is 14.1. The lowest BCUT2D eigenvalue weighted by molar-refractivity contribution is -0.145. The fourth-order valence-corrected chi connectivity index (χ4v) is 3.95. The van der Waals surface area contributed by atoms with Crippen molar-refractivity contribution in [2.45, 2.75) is 19.3 Å². The van der Waals surface area contributed by atoms with Gasteiger partial charge in [0.05, 0.1) is 12.0 Å². The van der Waals surface area contributed by atoms with Crippen molar-refractivity contribution in [1.82, 2.24) is 15.0 Å². The number of hydrogen-bond donors (Lipinski definition) is 1. The van der Waals surface area contributed by atoms with Crippen LogP contribution in [0, 0.1) is 5.41 Å². The van der Waals surface area contributed by atoms with Crippen LogP contribution in [0.4, 0.5) is 6.01 Å². The number of carbonyl (C=O) groups excluding carboxylic acids is 1. The molecule has 4 rings (SSSR count). The largest absolute Gasteiger partial charge is 0.395 e. The van der Waals surface area contributed by atoms with E-state index in [1.165, 1.54) is 0 Å². The number of likely N-dealkylation sites (tertiary alicyclic amines) is 1. The quantitative estimate of drug-likeness (QED) is 0.908. The van der Waals surface area contributed by atoms with Gasteiger partial charge in [-0.15, -0.1) is 0 Å². The van der Waals surface area contributed by atoms with Crippen molar-refractivity contribution in [2.75, 3.05) is 37.7 Å². The highest BCUT2D eigenvalue weighted by atomic mass is 16.5. The Labute approximate surface area is 146 Å². The highest BCUT2D eigenvalue weighted by molar-refractivity contribution is 5.85. The number of hydrogen-bond acceptors (Lipinski definition) is 6. The molecule has 0 bridgehead atoms. The molecule has 1 amide bonds. The van der Waals surface area contributed by atoms with E-state index in [-0.39, 0.29) is 17.9 Å². The summed E-state index contributed by atoms with van der Waals surface area (Å²) in [6.45, 7) is 2.49. The minimum Gasteiger partial charge on any atom is -0.395 e. The number of aliphatic hydroxyl groups is 1. The first-order valence-electron chi connectivity index (χ1n) is 8.76. The lowest BCUT2D eigenvalue weighted by atomic mass is 9.78. The number of nitrogens with zero attached hydrogens (tertiary/aromatic N) is 4. The van der Waals surface area contributed by atoms with Crippen LogP contribution in [0.25, 0.3) is 11.4 Å². The molecule has 2 aliphatic heterocycles. The summed E-state index contributed by atoms with van der Waals surface area (Å²) in [5, 5.41) is 13.2. The topological polar surface area (TPSA) is 82.7 Å². The number of amides is 1. The van der Waals surface area contributed by atoms with Crippen molar-refractivity contribution in [3.63, 3.8) is 0 Å². The number of benzene rings is 1. The molecule has 1 aromatic carbocycles. The second-order valence-corrected chi connectivity index (χ2v) is 6.84. The molecule has 0 unspecified atom stereocenters. The maximum Gasteiger partial charge on any atom is 0.324 e. The Morgan fingerprint density at radius 2 is 2.04 bits per heavy atom. The summed E-state index contributed by atoms with van der Waals surface area (Å²) in [4.78, 5) is 21.2. The number of piperidine rings is 1. The molecule has 0 radical (unpaired) electrons. The third-order valence-corrected chi connectivity index (χ3v) is 5.27. The number of anilines is 1. The van der Waals surface area contributed by atoms with Crippen LogP contribution in [-0.4, -0.2) is 58.8 Å². The molecule has 25 heavy (non-hydrogen) atoms. The summed E-state index contributed by atoms with van der Waals surface area (Å²) < 4.78 is 5.45. The van der Waals surface area contributed by atoms with Crippen LogP contribution >= 0.6 is 0 Å². The molecule has 7 nitrogen and oxygen atoms in total. The minimum absolute atomic E-state index is 0.00955. The van der Waals surface area contributed by atoms with Crippen molar-refractivity contribution >= 4 is 11.9 Å². The van der Waals surface area contributed by atoms with Gasteiger partial charge in [0.15, 0.2) is 0 Å². The van der Waals surface area contributed by atoms with Gasteiger partial charge in [0.2, 0.25) is 11.7 Å². The van der Waals surface area contributed by atoms with Gasteiger partial charge in [0.25, 0.3) is 0 Å². The van der Waals surface area contributed by atoms with E-state index in [1.54, 1.807) is 4.90 Å². The fourth-order valence-electron chi connectivity index (χ4n) is 3.95. The van der Waals surface area contributed by atoms with E-state index in [2.05, 4.69) is 10.1 Å². The summed E-state index contributed by atoms with van der Waals surface area (Å²) in [5.74, 6) is 0.714. The molecular weight excluding hydrogens is 320 g/mol. The van der Waals surface area contributed by atoms with E-state index >= 15 is 0 Å². The van der Waals surface area contributed by atoms with Crippen molar-refractivity contribution < 1.29 is 14.4 Å². The van der Waals surface area contributed by atoms with E-state index < -0.39 is 0 Å². The highest BCUT2D eigenvalue weighted by Gasteiger charge is 2.49. The van der Waals surface area contributed by atoms with Crippen LogP contribution in [0.5, 0.6) is 0 Å². The Hall–Kier alpha value is -2.41. The average Bonchev–Trinajstić information content (AvgIpc) is 3.28. The molecule has 2 fully saturated rings. The van der Waals surface area contributed by atoms with Crippen LogP contribution < -0.4 is 4.90 Å². The zero-order chi connectivity index (χ0) is 17.3. The van der Waals surface area contributed by atoms with E-state index in [0.29, 0.717) is 24.9 Å². The first kappa shape index (κ1) is 16.1. The Kier molecular flexibility index (Phi) is 4.17. The van der Waals surface area contributed by atoms with Crippen molar-refractivity contribution in [2.24, 2.45) is 5.41 Å². The Bertz CT molecular complexity index is 746. The smallest absolute Gasteiger partial charge is 0.324 e. The lowest BCUT2D eigenvalue weighted by Crippen LogP contribution is -2.50. The third kappa shape index (κ3) is 2.89. The summed E-state index contributed by atoms with van der Waals surface area (Å²) in [5.41, 5.74) is 0.531. The Morgan fingerprint density at radius 3 is 2.84 bits per heavy atom. The minimum atomic E-state index is -0.380. The normalized spacial score (nSPS) is 23.6. The number of β-amino-alcohol motifs (C(OH)–C–C–N with tert-alkyl or cyclic N) is 1. The first-order valence-corrected chi connectivity index (χ1v) is 8.76. The van der Waals surface area contributed by atoms with Gasteiger partial charge in [0, 0.05) is 31.7 Å². The summed E-state index contributed by atoms with van der Waals surface area (Å²) >= 11 is 0. The molecule has 0 aliphatic carbocycles. The molecule has 2 saturated heterocycles. The van der Waals surface area contributed by atoms with Gasteiger partial charge in [-0.1, -0.05) is 35.5 Å². The predicted molar refractivity (Wildman–Crippen MR) is 91.9 cm³/mol. The first-order chi connectivity index (χ1) is 12.2. The summed E-state index contributed by atoms with van der Waals surface area (Å²) in [6, 6.07) is 10.2. The number of aromatic nitrogens is 2. The van der Waals surface area contributed by atoms with Crippen LogP contribution in [-0.2, 0) is 4.79 Å². The van der Waals surface area contributed by atoms with Crippen LogP contribution in [0.1, 0.15) is 19.3 Å². The zero-order valence-corrected chi connectivity index (χ0v) is 14.1. The predicted octanol–water partition coefficient (Wildman–Crippen LogP) is 1.55. The SMILES string of the molecule is O=C1N(CCO)CCC[C@@]12CCN(c1nc(-c3ccccc3)no1)C2. The standard InChI is InChI=1S/C18H22N4O3/c23-12-11-21-9-4-7-18(16(21)24)8-10-22(13-18)17-19-15(20-25-17)14-5-2-1-3-6-14/h1-3,5-6,23H,4,7-13H2/t18-/m0/s1. The van der Waals surface area contributed by atoms with E-state index in [4.69, 9.17) is 4.52 Å². The second-order valence-electron chi connectivity index (χ2n) is 6.84. The van der Waals surface area contributed by atoms with Gasteiger partial charge >= 0.3 is 6.01 Å². The van der Waals surface area contributed by atoms with Crippen LogP contribution in [0.2, 0.25) is 0 Å². The maximum atomic E-state index is 12.9. The maximum absolute atomic E-state index is 12.9. The van der Waals surface area contributed by atoms with Gasteiger partial charge in [-0.25, -0.2) is 0 Å². The van der Waals surface area contributed by atoms with E-state index in [1.807, 2.05) is 35.2 Å². The molecule has 7 heteroatoms. The second kappa shape index (κ2) is 6.48. The van der Waals surface area contributed by atoms with E-state index in [0.717, 1.165) is 37.9 Å². The molecule has 1 spiro atoms. The van der Waals surface area contributed by atoms with Crippen molar-refractivity contribution in [3.05, 3.63) is 30.3 Å². The number of rotatable bonds is 4. The van der Waals surface area contributed by atoms with Crippen molar-refractivity contribution in [3.8, 4) is 11.4 Å². The van der Waals surface area contributed by atoms with Crippen LogP contribution in [0.3, 0.4) is 0 Å². The third-order valence-electron chi connectivity index (χ3n) is 5.27. The summed E-state index contributed by atoms with van der Waals surface area (Å²) in [6.07, 6.45) is 2.64. The average molecular weight is 342 g/mol. The molecule has 2 aliphatic rings. The van der Waals surface area contributed by atoms with Crippen molar-refractivity contribution in [1.29, 1.82) is 0 Å². The van der Waals surface area contributed by atoms with E-state index in [9.17, 15) is 9.90 Å². The molecule has 0 saturated carbocycles. The van der Waals surface area contributed by atoms with Gasteiger partial charge in [-0.2, -0.15) is 4.98 Å². The van der Waals surface area contributed by atoms with Gasteiger partial charge in [-0.05, 0) is 19.3 Å². The molecule has 1 atom stereocenters. The molecule has 3 heterocycles. The van der Waals surface area contributed by atoms with Gasteiger partial charge < -0.3 is 19.4 Å². The fraction of sp³-hybridized carbons (Fsp3) is 0.500. The molecule has 132 valence electrons. The molecular formula is C18H22N4O3. The summed E-state index contributed by atoms with van der Waals surface area (Å²) in [7, 11) is 0. The monoisotopic (exact) mass is 342 g/mol. The molecule has 2 aromatic rings. The lowest BCUT2D eigenvalue weighted by Gasteiger charge is -2.38. The Balaban J connectivity index is 1.51. The number of aliphatic hydroxyl groups excluding tert-OH is 1.